The van der Waals surface area contributed by atoms with Gasteiger partial charge in [-0.05, 0) is 37.1 Å². The van der Waals surface area contributed by atoms with E-state index in [1.54, 1.807) is 24.3 Å². The molecular weight excluding hydrogens is 328 g/mol. The van der Waals surface area contributed by atoms with Gasteiger partial charge in [-0.1, -0.05) is 24.3 Å². The molecule has 1 aromatic heterocycles. The van der Waals surface area contributed by atoms with Crippen molar-refractivity contribution < 1.29 is 9.59 Å². The minimum absolute atomic E-state index is 0.0528. The molecule has 2 aromatic carbocycles. The number of nitrogens with one attached hydrogen (secondary N) is 1. The summed E-state index contributed by atoms with van der Waals surface area (Å²) in [6.07, 6.45) is 3.49. The molecule has 1 N–H and O–H groups in total. The lowest BCUT2D eigenvalue weighted by Gasteiger charge is -2.17. The quantitative estimate of drug-likeness (QED) is 0.791. The number of nitrogens with zero attached hydrogens (tertiary/aromatic N) is 3. The molecular formula is C20H18N4O2. The van der Waals surface area contributed by atoms with Gasteiger partial charge >= 0.3 is 0 Å². The Morgan fingerprint density at radius 3 is 2.42 bits per heavy atom. The first-order valence-corrected chi connectivity index (χ1v) is 8.64. The van der Waals surface area contributed by atoms with Crippen molar-refractivity contribution in [1.29, 1.82) is 0 Å². The number of aromatic nitrogens is 2. The van der Waals surface area contributed by atoms with Gasteiger partial charge in [-0.15, -0.1) is 0 Å². The standard InChI is InChI=1S/C20H18N4O2/c25-19(18-13-21-16-9-3-4-10-17(16)22-18)23-15-8-2-1-7-14(15)20(26)24-11-5-6-12-24/h1-4,7-10,13H,5-6,11-12H2,(H,23,25). The van der Waals surface area contributed by atoms with Crippen LogP contribution >= 0.6 is 0 Å². The van der Waals surface area contributed by atoms with E-state index in [1.807, 2.05) is 29.2 Å². The molecule has 0 saturated carbocycles. The van der Waals surface area contributed by atoms with Gasteiger partial charge in [0.15, 0.2) is 0 Å². The van der Waals surface area contributed by atoms with E-state index in [-0.39, 0.29) is 17.5 Å². The van der Waals surface area contributed by atoms with Gasteiger partial charge < -0.3 is 10.2 Å². The Morgan fingerprint density at radius 2 is 1.62 bits per heavy atom. The Morgan fingerprint density at radius 1 is 0.923 bits per heavy atom. The molecule has 0 unspecified atom stereocenters. The first-order valence-electron chi connectivity index (χ1n) is 8.64. The number of anilines is 1. The van der Waals surface area contributed by atoms with Gasteiger partial charge in [-0.2, -0.15) is 0 Å². The number of carbonyl (C=O) groups is 2. The highest BCUT2D eigenvalue weighted by molar-refractivity contribution is 6.08. The molecule has 6 heteroatoms. The fraction of sp³-hybridized carbons (Fsp3) is 0.200. The van der Waals surface area contributed by atoms with Crippen LogP contribution in [0.5, 0.6) is 0 Å². The van der Waals surface area contributed by atoms with Crippen LogP contribution in [0.3, 0.4) is 0 Å². The normalized spacial score (nSPS) is 13.8. The molecule has 1 aliphatic heterocycles. The summed E-state index contributed by atoms with van der Waals surface area (Å²) >= 11 is 0. The van der Waals surface area contributed by atoms with Crippen molar-refractivity contribution in [1.82, 2.24) is 14.9 Å². The van der Waals surface area contributed by atoms with E-state index in [1.165, 1.54) is 6.20 Å². The van der Waals surface area contributed by atoms with Crippen LogP contribution in [0.25, 0.3) is 11.0 Å². The second-order valence-electron chi connectivity index (χ2n) is 6.24. The number of likely N-dealkylation sites (tertiary alicyclic amines) is 1. The maximum absolute atomic E-state index is 12.7. The van der Waals surface area contributed by atoms with Crippen molar-refractivity contribution in [3.63, 3.8) is 0 Å². The fourth-order valence-electron chi connectivity index (χ4n) is 3.12. The van der Waals surface area contributed by atoms with E-state index in [0.717, 1.165) is 31.4 Å². The molecule has 4 rings (SSSR count). The van der Waals surface area contributed by atoms with Gasteiger partial charge in [0.1, 0.15) is 5.69 Å². The average molecular weight is 346 g/mol. The van der Waals surface area contributed by atoms with Crippen molar-refractivity contribution in [2.75, 3.05) is 18.4 Å². The molecule has 1 aliphatic rings. The van der Waals surface area contributed by atoms with Crippen molar-refractivity contribution >= 4 is 28.5 Å². The van der Waals surface area contributed by atoms with Crippen LogP contribution in [0.4, 0.5) is 5.69 Å². The smallest absolute Gasteiger partial charge is 0.275 e. The van der Waals surface area contributed by atoms with Crippen LogP contribution in [0.2, 0.25) is 0 Å². The summed E-state index contributed by atoms with van der Waals surface area (Å²) in [4.78, 5) is 35.8. The molecule has 2 amide bonds. The number of benzene rings is 2. The lowest BCUT2D eigenvalue weighted by atomic mass is 10.1. The van der Waals surface area contributed by atoms with Gasteiger partial charge in [-0.25, -0.2) is 4.98 Å². The lowest BCUT2D eigenvalue weighted by molar-refractivity contribution is 0.0794. The molecule has 3 aromatic rings. The number of hydrogen-bond acceptors (Lipinski definition) is 4. The summed E-state index contributed by atoms with van der Waals surface area (Å²) in [5.41, 5.74) is 2.59. The maximum atomic E-state index is 12.7. The first kappa shape index (κ1) is 16.2. The second-order valence-corrected chi connectivity index (χ2v) is 6.24. The molecule has 2 heterocycles. The van der Waals surface area contributed by atoms with Crippen LogP contribution in [0.15, 0.2) is 54.7 Å². The van der Waals surface area contributed by atoms with Crippen molar-refractivity contribution in [2.24, 2.45) is 0 Å². The van der Waals surface area contributed by atoms with Crippen LogP contribution in [0, 0.1) is 0 Å². The number of carbonyl (C=O) groups excluding carboxylic acids is 2. The van der Waals surface area contributed by atoms with Gasteiger partial charge in [0.2, 0.25) is 0 Å². The molecule has 0 spiro atoms. The van der Waals surface area contributed by atoms with E-state index in [4.69, 9.17) is 0 Å². The Hall–Kier alpha value is -3.28. The molecule has 0 bridgehead atoms. The average Bonchev–Trinajstić information content (AvgIpc) is 3.22. The zero-order chi connectivity index (χ0) is 17.9. The van der Waals surface area contributed by atoms with E-state index in [9.17, 15) is 9.59 Å². The van der Waals surface area contributed by atoms with E-state index in [0.29, 0.717) is 16.8 Å². The minimum atomic E-state index is -0.384. The van der Waals surface area contributed by atoms with Crippen LogP contribution < -0.4 is 5.32 Å². The molecule has 26 heavy (non-hydrogen) atoms. The Balaban J connectivity index is 1.60. The Kier molecular flexibility index (Phi) is 4.31. The molecule has 1 saturated heterocycles. The highest BCUT2D eigenvalue weighted by atomic mass is 16.2. The summed E-state index contributed by atoms with van der Waals surface area (Å²) in [6, 6.07) is 14.4. The topological polar surface area (TPSA) is 75.2 Å². The number of para-hydroxylation sites is 3. The van der Waals surface area contributed by atoms with Gasteiger partial charge in [0.25, 0.3) is 11.8 Å². The first-order chi connectivity index (χ1) is 12.7. The molecule has 1 fully saturated rings. The van der Waals surface area contributed by atoms with Gasteiger partial charge in [-0.3, -0.25) is 14.6 Å². The minimum Gasteiger partial charge on any atom is -0.339 e. The van der Waals surface area contributed by atoms with Gasteiger partial charge in [0, 0.05) is 13.1 Å². The summed E-state index contributed by atoms with van der Waals surface area (Å²) in [6.45, 7) is 1.52. The number of amides is 2. The monoisotopic (exact) mass is 346 g/mol. The van der Waals surface area contributed by atoms with Crippen molar-refractivity contribution in [3.05, 3.63) is 66.0 Å². The zero-order valence-electron chi connectivity index (χ0n) is 14.2. The number of rotatable bonds is 3. The third kappa shape index (κ3) is 3.13. The highest BCUT2D eigenvalue weighted by Crippen LogP contribution is 2.21. The highest BCUT2D eigenvalue weighted by Gasteiger charge is 2.22. The summed E-state index contributed by atoms with van der Waals surface area (Å²) in [5, 5.41) is 2.81. The third-order valence-corrected chi connectivity index (χ3v) is 4.48. The molecule has 6 nitrogen and oxygen atoms in total. The molecule has 0 radical (unpaired) electrons. The van der Waals surface area contributed by atoms with Crippen molar-refractivity contribution in [3.8, 4) is 0 Å². The fourth-order valence-corrected chi connectivity index (χ4v) is 3.12. The van der Waals surface area contributed by atoms with Crippen LogP contribution in [-0.2, 0) is 0 Å². The summed E-state index contributed by atoms with van der Waals surface area (Å²) < 4.78 is 0. The Labute approximate surface area is 150 Å². The van der Waals surface area contributed by atoms with Gasteiger partial charge in [0.05, 0.1) is 28.5 Å². The molecule has 0 aliphatic carbocycles. The van der Waals surface area contributed by atoms with E-state index in [2.05, 4.69) is 15.3 Å². The second kappa shape index (κ2) is 6.92. The van der Waals surface area contributed by atoms with E-state index < -0.39 is 0 Å². The van der Waals surface area contributed by atoms with Crippen LogP contribution in [-0.4, -0.2) is 39.8 Å². The predicted octanol–water partition coefficient (Wildman–Crippen LogP) is 3.12. The van der Waals surface area contributed by atoms with Crippen LogP contribution in [0.1, 0.15) is 33.7 Å². The number of fused-ring (bicyclic) bond motifs is 1. The summed E-state index contributed by atoms with van der Waals surface area (Å²) in [7, 11) is 0. The SMILES string of the molecule is O=C(Nc1ccccc1C(=O)N1CCCC1)c1cnc2ccccc2n1. The molecule has 130 valence electrons. The Bertz CT molecular complexity index is 980. The third-order valence-electron chi connectivity index (χ3n) is 4.48. The van der Waals surface area contributed by atoms with E-state index >= 15 is 0 Å². The maximum Gasteiger partial charge on any atom is 0.275 e. The lowest BCUT2D eigenvalue weighted by Crippen LogP contribution is -2.29. The van der Waals surface area contributed by atoms with Crippen molar-refractivity contribution in [2.45, 2.75) is 12.8 Å². The predicted molar refractivity (Wildman–Crippen MR) is 99.1 cm³/mol. The molecule has 0 atom stereocenters. The zero-order valence-corrected chi connectivity index (χ0v) is 14.2. The number of hydrogen-bond donors (Lipinski definition) is 1. The largest absolute Gasteiger partial charge is 0.339 e. The summed E-state index contributed by atoms with van der Waals surface area (Å²) in [5.74, 6) is -0.437.